The maximum Gasteiger partial charge on any atom is 0.389 e. The van der Waals surface area contributed by atoms with Gasteiger partial charge in [-0.2, -0.15) is 13.2 Å². The minimum atomic E-state index is -4.14. The quantitative estimate of drug-likeness (QED) is 0.800. The molecule has 0 heterocycles. The van der Waals surface area contributed by atoms with Crippen molar-refractivity contribution in [1.82, 2.24) is 0 Å². The first-order chi connectivity index (χ1) is 8.78. The van der Waals surface area contributed by atoms with Crippen LogP contribution in [0.15, 0.2) is 24.3 Å². The normalized spacial score (nSPS) is 13.8. The van der Waals surface area contributed by atoms with E-state index in [-0.39, 0.29) is 12.8 Å². The minimum Gasteiger partial charge on any atom is -0.388 e. The second-order valence-corrected chi connectivity index (χ2v) is 5.36. The van der Waals surface area contributed by atoms with Crippen molar-refractivity contribution in [1.29, 1.82) is 0 Å². The molecule has 0 saturated carbocycles. The summed E-state index contributed by atoms with van der Waals surface area (Å²) in [6.45, 7) is 4.25. The summed E-state index contributed by atoms with van der Waals surface area (Å²) < 4.78 is 36.0. The van der Waals surface area contributed by atoms with E-state index in [1.54, 1.807) is 12.1 Å². The molecule has 108 valence electrons. The molecule has 1 unspecified atom stereocenters. The van der Waals surface area contributed by atoms with Gasteiger partial charge in [0.2, 0.25) is 0 Å². The summed E-state index contributed by atoms with van der Waals surface area (Å²) >= 11 is 0. The van der Waals surface area contributed by atoms with E-state index in [0.29, 0.717) is 11.5 Å². The lowest BCUT2D eigenvalue weighted by atomic mass is 9.98. The zero-order valence-corrected chi connectivity index (χ0v) is 11.4. The van der Waals surface area contributed by atoms with Crippen molar-refractivity contribution >= 4 is 0 Å². The number of rotatable bonds is 6. The van der Waals surface area contributed by atoms with Gasteiger partial charge in [-0.15, -0.1) is 0 Å². The van der Waals surface area contributed by atoms with Gasteiger partial charge in [-0.05, 0) is 36.3 Å². The van der Waals surface area contributed by atoms with Crippen molar-refractivity contribution in [3.05, 3.63) is 35.4 Å². The Balaban J connectivity index is 2.46. The topological polar surface area (TPSA) is 20.2 Å². The molecule has 0 aliphatic rings. The van der Waals surface area contributed by atoms with E-state index in [9.17, 15) is 18.3 Å². The molecule has 0 saturated heterocycles. The molecule has 1 rings (SSSR count). The van der Waals surface area contributed by atoms with Crippen molar-refractivity contribution in [2.75, 3.05) is 0 Å². The Kier molecular flexibility index (Phi) is 5.85. The molecule has 0 spiro atoms. The molecule has 0 aliphatic carbocycles. The van der Waals surface area contributed by atoms with Crippen LogP contribution in [0.4, 0.5) is 13.2 Å². The fourth-order valence-corrected chi connectivity index (χ4v) is 2.01. The summed E-state index contributed by atoms with van der Waals surface area (Å²) in [6.07, 6.45) is -4.72. The summed E-state index contributed by atoms with van der Waals surface area (Å²) in [5.41, 5.74) is 1.87. The van der Waals surface area contributed by atoms with E-state index in [2.05, 4.69) is 13.8 Å². The molecular formula is C15H21F3O. The Hall–Kier alpha value is -1.03. The lowest BCUT2D eigenvalue weighted by molar-refractivity contribution is -0.136. The first-order valence-corrected chi connectivity index (χ1v) is 6.61. The van der Waals surface area contributed by atoms with Crippen LogP contribution < -0.4 is 0 Å². The number of hydrogen-bond acceptors (Lipinski definition) is 1. The molecule has 0 aromatic heterocycles. The molecule has 0 aliphatic heterocycles. The van der Waals surface area contributed by atoms with E-state index >= 15 is 0 Å². The molecule has 0 bridgehead atoms. The van der Waals surface area contributed by atoms with Crippen LogP contribution in [-0.4, -0.2) is 11.3 Å². The highest BCUT2D eigenvalue weighted by Gasteiger charge is 2.26. The number of aliphatic hydroxyl groups is 1. The second-order valence-electron chi connectivity index (χ2n) is 5.36. The third-order valence-electron chi connectivity index (χ3n) is 2.95. The maximum absolute atomic E-state index is 12.0. The summed E-state index contributed by atoms with van der Waals surface area (Å²) in [4.78, 5) is 0. The monoisotopic (exact) mass is 274 g/mol. The maximum atomic E-state index is 12.0. The standard InChI is InChI=1S/C15H21F3O/c1-11(2)10-12-5-7-13(8-6-12)14(19)4-3-9-15(16,17)18/h5-8,11,14,19H,3-4,9-10H2,1-2H3. The van der Waals surface area contributed by atoms with Gasteiger partial charge in [0.25, 0.3) is 0 Å². The average molecular weight is 274 g/mol. The van der Waals surface area contributed by atoms with Crippen LogP contribution in [0.5, 0.6) is 0 Å². The van der Waals surface area contributed by atoms with Gasteiger partial charge in [0.15, 0.2) is 0 Å². The highest BCUT2D eigenvalue weighted by atomic mass is 19.4. The van der Waals surface area contributed by atoms with Gasteiger partial charge in [0.05, 0.1) is 6.10 Å². The minimum absolute atomic E-state index is 0.0432. The van der Waals surface area contributed by atoms with Crippen molar-refractivity contribution in [3.8, 4) is 0 Å². The molecule has 4 heteroatoms. The van der Waals surface area contributed by atoms with E-state index < -0.39 is 18.7 Å². The summed E-state index contributed by atoms with van der Waals surface area (Å²) in [5.74, 6) is 0.558. The molecule has 1 N–H and O–H groups in total. The smallest absolute Gasteiger partial charge is 0.388 e. The Bertz CT molecular complexity index is 368. The molecule has 1 aromatic carbocycles. The van der Waals surface area contributed by atoms with Gasteiger partial charge in [-0.3, -0.25) is 0 Å². The van der Waals surface area contributed by atoms with Crippen LogP contribution in [0.1, 0.15) is 50.3 Å². The highest BCUT2D eigenvalue weighted by molar-refractivity contribution is 5.24. The second kappa shape index (κ2) is 6.94. The number of alkyl halides is 3. The lowest BCUT2D eigenvalue weighted by Gasteiger charge is -2.13. The SMILES string of the molecule is CC(C)Cc1ccc(C(O)CCCC(F)(F)F)cc1. The van der Waals surface area contributed by atoms with Crippen LogP contribution in [0.3, 0.4) is 0 Å². The molecule has 1 nitrogen and oxygen atoms in total. The van der Waals surface area contributed by atoms with E-state index in [1.807, 2.05) is 12.1 Å². The van der Waals surface area contributed by atoms with Gasteiger partial charge in [-0.25, -0.2) is 0 Å². The average Bonchev–Trinajstić information content (AvgIpc) is 2.27. The fraction of sp³-hybridized carbons (Fsp3) is 0.600. The predicted molar refractivity (Wildman–Crippen MR) is 69.8 cm³/mol. The summed E-state index contributed by atoms with van der Waals surface area (Å²) in [5, 5.41) is 9.82. The lowest BCUT2D eigenvalue weighted by Crippen LogP contribution is -2.08. The Morgan fingerprint density at radius 2 is 1.68 bits per heavy atom. The number of hydrogen-bond donors (Lipinski definition) is 1. The van der Waals surface area contributed by atoms with Gasteiger partial charge < -0.3 is 5.11 Å². The van der Waals surface area contributed by atoms with E-state index in [4.69, 9.17) is 0 Å². The first kappa shape index (κ1) is 16.0. The molecule has 1 atom stereocenters. The first-order valence-electron chi connectivity index (χ1n) is 6.61. The predicted octanol–water partition coefficient (Wildman–Crippen LogP) is 4.65. The third kappa shape index (κ3) is 6.62. The fourth-order valence-electron chi connectivity index (χ4n) is 2.01. The van der Waals surface area contributed by atoms with Crippen molar-refractivity contribution in [3.63, 3.8) is 0 Å². The Labute approximate surface area is 112 Å². The molecule has 0 fully saturated rings. The van der Waals surface area contributed by atoms with Crippen LogP contribution in [0.25, 0.3) is 0 Å². The number of benzene rings is 1. The summed E-state index contributed by atoms with van der Waals surface area (Å²) in [6, 6.07) is 7.47. The van der Waals surface area contributed by atoms with Crippen LogP contribution in [0, 0.1) is 5.92 Å². The van der Waals surface area contributed by atoms with Gasteiger partial charge in [-0.1, -0.05) is 38.1 Å². The molecule has 19 heavy (non-hydrogen) atoms. The van der Waals surface area contributed by atoms with Crippen molar-refractivity contribution < 1.29 is 18.3 Å². The van der Waals surface area contributed by atoms with Crippen molar-refractivity contribution in [2.24, 2.45) is 5.92 Å². The van der Waals surface area contributed by atoms with E-state index in [1.165, 1.54) is 5.56 Å². The van der Waals surface area contributed by atoms with Gasteiger partial charge in [0, 0.05) is 6.42 Å². The molecular weight excluding hydrogens is 253 g/mol. The number of aliphatic hydroxyl groups excluding tert-OH is 1. The highest BCUT2D eigenvalue weighted by Crippen LogP contribution is 2.26. The van der Waals surface area contributed by atoms with E-state index in [0.717, 1.165) is 6.42 Å². The zero-order chi connectivity index (χ0) is 14.5. The van der Waals surface area contributed by atoms with Gasteiger partial charge in [0.1, 0.15) is 0 Å². The zero-order valence-electron chi connectivity index (χ0n) is 11.4. The Morgan fingerprint density at radius 3 is 2.16 bits per heavy atom. The third-order valence-corrected chi connectivity index (χ3v) is 2.95. The van der Waals surface area contributed by atoms with Gasteiger partial charge >= 0.3 is 6.18 Å². The summed E-state index contributed by atoms with van der Waals surface area (Å²) in [7, 11) is 0. The number of halogens is 3. The molecule has 1 aromatic rings. The Morgan fingerprint density at radius 1 is 1.11 bits per heavy atom. The van der Waals surface area contributed by atoms with Crippen molar-refractivity contribution in [2.45, 2.75) is 51.8 Å². The van der Waals surface area contributed by atoms with Crippen LogP contribution >= 0.6 is 0 Å². The molecule has 0 radical (unpaired) electrons. The largest absolute Gasteiger partial charge is 0.389 e. The molecule has 0 amide bonds. The van der Waals surface area contributed by atoms with Crippen LogP contribution in [0.2, 0.25) is 0 Å². The van der Waals surface area contributed by atoms with Crippen LogP contribution in [-0.2, 0) is 6.42 Å².